The van der Waals surface area contributed by atoms with Crippen LogP contribution in [0.25, 0.3) is 0 Å². The Kier molecular flexibility index (Phi) is 5.28. The number of anilines is 1. The van der Waals surface area contributed by atoms with Gasteiger partial charge >= 0.3 is 0 Å². The highest BCUT2D eigenvalue weighted by Gasteiger charge is 2.27. The second-order valence-electron chi connectivity index (χ2n) is 5.90. The van der Waals surface area contributed by atoms with Gasteiger partial charge in [-0.25, -0.2) is 8.42 Å². The fourth-order valence-electron chi connectivity index (χ4n) is 2.73. The average Bonchev–Trinajstić information content (AvgIpc) is 3.19. The first-order valence-electron chi connectivity index (χ1n) is 8.03. The van der Waals surface area contributed by atoms with Crippen LogP contribution in [0.15, 0.2) is 47.4 Å². The molecule has 0 radical (unpaired) electrons. The maximum absolute atomic E-state index is 12.7. The summed E-state index contributed by atoms with van der Waals surface area (Å²) in [5, 5.41) is 11.7. The standard InChI is InChI=1S/C18H16ClN3O3S/c19-16-8-7-15(26(24,25)22-9-1-2-10-22)11-17(16)21-18(23)14-5-3-13(12-20)4-6-14/h3-8,11H,1-2,9-10H2,(H,21,23). The van der Waals surface area contributed by atoms with Gasteiger partial charge in [0.05, 0.1) is 27.2 Å². The molecule has 2 aromatic rings. The molecule has 0 aromatic heterocycles. The Balaban J connectivity index is 1.85. The van der Waals surface area contributed by atoms with Crippen molar-refractivity contribution in [1.29, 1.82) is 5.26 Å². The first-order chi connectivity index (χ1) is 12.4. The quantitative estimate of drug-likeness (QED) is 0.868. The molecule has 0 atom stereocenters. The molecular formula is C18H16ClN3O3S. The summed E-state index contributed by atoms with van der Waals surface area (Å²) < 4.78 is 26.8. The molecule has 2 aromatic carbocycles. The van der Waals surface area contributed by atoms with Crippen molar-refractivity contribution in [3.8, 4) is 6.07 Å². The lowest BCUT2D eigenvalue weighted by Crippen LogP contribution is -2.28. The summed E-state index contributed by atoms with van der Waals surface area (Å²) in [6, 6.07) is 12.4. The van der Waals surface area contributed by atoms with Gasteiger partial charge in [-0.3, -0.25) is 4.79 Å². The van der Waals surface area contributed by atoms with Crippen LogP contribution >= 0.6 is 11.6 Å². The van der Waals surface area contributed by atoms with Gasteiger partial charge in [0.25, 0.3) is 5.91 Å². The number of hydrogen-bond acceptors (Lipinski definition) is 4. The van der Waals surface area contributed by atoms with Crippen LogP contribution in [0.1, 0.15) is 28.8 Å². The van der Waals surface area contributed by atoms with Gasteiger partial charge in [0.15, 0.2) is 0 Å². The summed E-state index contributed by atoms with van der Waals surface area (Å²) in [4.78, 5) is 12.5. The van der Waals surface area contributed by atoms with E-state index < -0.39 is 15.9 Å². The monoisotopic (exact) mass is 389 g/mol. The number of halogens is 1. The maximum Gasteiger partial charge on any atom is 0.255 e. The van der Waals surface area contributed by atoms with E-state index in [2.05, 4.69) is 5.32 Å². The molecule has 0 aliphatic carbocycles. The van der Waals surface area contributed by atoms with Crippen LogP contribution in [0.5, 0.6) is 0 Å². The van der Waals surface area contributed by atoms with Gasteiger partial charge in [-0.1, -0.05) is 11.6 Å². The van der Waals surface area contributed by atoms with Crippen LogP contribution in [0.3, 0.4) is 0 Å². The number of carbonyl (C=O) groups excluding carboxylic acids is 1. The summed E-state index contributed by atoms with van der Waals surface area (Å²) in [7, 11) is -3.60. The van der Waals surface area contributed by atoms with Gasteiger partial charge in [0.2, 0.25) is 10.0 Å². The molecule has 1 aliphatic heterocycles. The van der Waals surface area contributed by atoms with Crippen LogP contribution in [-0.4, -0.2) is 31.7 Å². The van der Waals surface area contributed by atoms with E-state index >= 15 is 0 Å². The van der Waals surface area contributed by atoms with Crippen molar-refractivity contribution in [2.24, 2.45) is 0 Å². The Morgan fingerprint density at radius 1 is 1.12 bits per heavy atom. The number of carbonyl (C=O) groups is 1. The molecule has 26 heavy (non-hydrogen) atoms. The SMILES string of the molecule is N#Cc1ccc(C(=O)Nc2cc(S(=O)(=O)N3CCCC3)ccc2Cl)cc1. The van der Waals surface area contributed by atoms with Gasteiger partial charge in [-0.2, -0.15) is 9.57 Å². The third kappa shape index (κ3) is 3.73. The summed E-state index contributed by atoms with van der Waals surface area (Å²) in [5.41, 5.74) is 1.01. The van der Waals surface area contributed by atoms with E-state index in [-0.39, 0.29) is 15.6 Å². The van der Waals surface area contributed by atoms with Crippen molar-refractivity contribution in [2.75, 3.05) is 18.4 Å². The number of amides is 1. The van der Waals surface area contributed by atoms with Crippen molar-refractivity contribution >= 4 is 33.2 Å². The minimum absolute atomic E-state index is 0.0962. The zero-order chi connectivity index (χ0) is 18.7. The molecular weight excluding hydrogens is 374 g/mol. The molecule has 0 saturated carbocycles. The zero-order valence-corrected chi connectivity index (χ0v) is 15.3. The second-order valence-corrected chi connectivity index (χ2v) is 8.24. The highest BCUT2D eigenvalue weighted by atomic mass is 35.5. The number of rotatable bonds is 4. The average molecular weight is 390 g/mol. The Bertz CT molecular complexity index is 976. The van der Waals surface area contributed by atoms with Gasteiger partial charge in [0, 0.05) is 18.7 Å². The number of hydrogen-bond donors (Lipinski definition) is 1. The first-order valence-corrected chi connectivity index (χ1v) is 9.85. The highest BCUT2D eigenvalue weighted by Crippen LogP contribution is 2.28. The zero-order valence-electron chi connectivity index (χ0n) is 13.8. The van der Waals surface area contributed by atoms with Crippen LogP contribution in [0.2, 0.25) is 5.02 Å². The van der Waals surface area contributed by atoms with Crippen LogP contribution in [0, 0.1) is 11.3 Å². The lowest BCUT2D eigenvalue weighted by Gasteiger charge is -2.16. The van der Waals surface area contributed by atoms with Crippen molar-refractivity contribution < 1.29 is 13.2 Å². The number of nitrogens with zero attached hydrogens (tertiary/aromatic N) is 2. The number of benzene rings is 2. The van der Waals surface area contributed by atoms with E-state index in [4.69, 9.17) is 16.9 Å². The molecule has 0 spiro atoms. The first kappa shape index (κ1) is 18.4. The number of nitrogens with one attached hydrogen (secondary N) is 1. The number of sulfonamides is 1. The normalized spacial score (nSPS) is 14.8. The van der Waals surface area contributed by atoms with Crippen molar-refractivity contribution in [3.63, 3.8) is 0 Å². The summed E-state index contributed by atoms with van der Waals surface area (Å²) >= 11 is 6.12. The fraction of sp³-hybridized carbons (Fsp3) is 0.222. The van der Waals surface area contributed by atoms with E-state index in [0.717, 1.165) is 12.8 Å². The van der Waals surface area contributed by atoms with Gasteiger partial charge < -0.3 is 5.32 Å². The molecule has 134 valence electrons. The van der Waals surface area contributed by atoms with E-state index in [1.165, 1.54) is 46.8 Å². The topological polar surface area (TPSA) is 90.3 Å². The molecule has 1 aliphatic rings. The van der Waals surface area contributed by atoms with Crippen LogP contribution in [0.4, 0.5) is 5.69 Å². The Morgan fingerprint density at radius 3 is 2.38 bits per heavy atom. The summed E-state index contributed by atoms with van der Waals surface area (Å²) in [6.07, 6.45) is 1.68. The lowest BCUT2D eigenvalue weighted by atomic mass is 10.1. The molecule has 1 fully saturated rings. The van der Waals surface area contributed by atoms with Gasteiger partial charge in [0.1, 0.15) is 0 Å². The Morgan fingerprint density at radius 2 is 1.77 bits per heavy atom. The highest BCUT2D eigenvalue weighted by molar-refractivity contribution is 7.89. The molecule has 0 bridgehead atoms. The summed E-state index contributed by atoms with van der Waals surface area (Å²) in [5.74, 6) is -0.438. The second kappa shape index (κ2) is 7.46. The predicted molar refractivity (Wildman–Crippen MR) is 98.6 cm³/mol. The molecule has 6 nitrogen and oxygen atoms in total. The molecule has 0 unspecified atom stereocenters. The molecule has 1 N–H and O–H groups in total. The van der Waals surface area contributed by atoms with E-state index in [1.807, 2.05) is 6.07 Å². The Labute approximate surface area is 157 Å². The molecule has 1 saturated heterocycles. The molecule has 1 amide bonds. The maximum atomic E-state index is 12.7. The predicted octanol–water partition coefficient (Wildman–Crippen LogP) is 3.25. The molecule has 8 heteroatoms. The third-order valence-electron chi connectivity index (χ3n) is 4.17. The number of nitriles is 1. The van der Waals surface area contributed by atoms with Gasteiger partial charge in [-0.05, 0) is 55.3 Å². The summed E-state index contributed by atoms with van der Waals surface area (Å²) in [6.45, 7) is 0.996. The molecule has 1 heterocycles. The fourth-order valence-corrected chi connectivity index (χ4v) is 4.44. The van der Waals surface area contributed by atoms with Crippen molar-refractivity contribution in [3.05, 3.63) is 58.6 Å². The lowest BCUT2D eigenvalue weighted by molar-refractivity contribution is 0.102. The van der Waals surface area contributed by atoms with E-state index in [0.29, 0.717) is 24.2 Å². The smallest absolute Gasteiger partial charge is 0.255 e. The van der Waals surface area contributed by atoms with Crippen molar-refractivity contribution in [1.82, 2.24) is 4.31 Å². The van der Waals surface area contributed by atoms with E-state index in [1.54, 1.807) is 0 Å². The Hall–Kier alpha value is -2.40. The van der Waals surface area contributed by atoms with Crippen molar-refractivity contribution in [2.45, 2.75) is 17.7 Å². The third-order valence-corrected chi connectivity index (χ3v) is 6.39. The van der Waals surface area contributed by atoms with E-state index in [9.17, 15) is 13.2 Å². The van der Waals surface area contributed by atoms with Gasteiger partial charge in [-0.15, -0.1) is 0 Å². The van der Waals surface area contributed by atoms with Crippen LogP contribution in [-0.2, 0) is 10.0 Å². The largest absolute Gasteiger partial charge is 0.321 e. The minimum Gasteiger partial charge on any atom is -0.321 e. The van der Waals surface area contributed by atoms with Crippen LogP contribution < -0.4 is 5.32 Å². The molecule has 3 rings (SSSR count). The minimum atomic E-state index is -3.60.